The molecule has 0 spiro atoms. The Morgan fingerprint density at radius 3 is 2.50 bits per heavy atom. The molecule has 6 nitrogen and oxygen atoms in total. The molecule has 2 aromatic rings. The standard InChI is InChI=1S/C10H7F4N5O/c11-8(12)7-6(4-17-19(7)10(13)14)9(20)18-5-1-2-15-16-3-5/h1-4,8,10H,(H,15,18,20). The van der Waals surface area contributed by atoms with Crippen molar-refractivity contribution in [3.8, 4) is 0 Å². The van der Waals surface area contributed by atoms with Gasteiger partial charge in [-0.05, 0) is 6.07 Å². The fourth-order valence-electron chi connectivity index (χ4n) is 1.48. The Hall–Kier alpha value is -2.52. The van der Waals surface area contributed by atoms with E-state index in [0.717, 1.165) is 0 Å². The van der Waals surface area contributed by atoms with Gasteiger partial charge in [0.25, 0.3) is 12.3 Å². The molecule has 0 atom stereocenters. The second-order valence-corrected chi connectivity index (χ2v) is 3.55. The van der Waals surface area contributed by atoms with E-state index >= 15 is 0 Å². The Balaban J connectivity index is 2.31. The van der Waals surface area contributed by atoms with E-state index in [9.17, 15) is 22.4 Å². The van der Waals surface area contributed by atoms with Gasteiger partial charge in [0, 0.05) is 0 Å². The summed E-state index contributed by atoms with van der Waals surface area (Å²) in [6.07, 6.45) is -0.149. The van der Waals surface area contributed by atoms with Gasteiger partial charge in [0.2, 0.25) is 0 Å². The van der Waals surface area contributed by atoms with Crippen LogP contribution in [0, 0.1) is 0 Å². The molecule has 0 radical (unpaired) electrons. The van der Waals surface area contributed by atoms with E-state index in [-0.39, 0.29) is 10.4 Å². The first-order valence-electron chi connectivity index (χ1n) is 5.22. The van der Waals surface area contributed by atoms with Gasteiger partial charge in [0.1, 0.15) is 5.69 Å². The summed E-state index contributed by atoms with van der Waals surface area (Å²) in [4.78, 5) is 11.8. The Kier molecular flexibility index (Phi) is 3.91. The third kappa shape index (κ3) is 2.73. The largest absolute Gasteiger partial charge is 0.333 e. The van der Waals surface area contributed by atoms with E-state index in [1.807, 2.05) is 0 Å². The number of alkyl halides is 4. The zero-order valence-corrected chi connectivity index (χ0v) is 9.67. The summed E-state index contributed by atoms with van der Waals surface area (Å²) >= 11 is 0. The summed E-state index contributed by atoms with van der Waals surface area (Å²) in [6.45, 7) is -3.26. The number of rotatable bonds is 4. The number of halogens is 4. The molecule has 0 unspecified atom stereocenters. The van der Waals surface area contributed by atoms with Crippen molar-refractivity contribution < 1.29 is 22.4 Å². The Morgan fingerprint density at radius 2 is 1.95 bits per heavy atom. The average molecular weight is 289 g/mol. The Bertz CT molecular complexity index is 601. The normalized spacial score (nSPS) is 11.1. The molecule has 0 fully saturated rings. The Morgan fingerprint density at radius 1 is 1.20 bits per heavy atom. The molecule has 106 valence electrons. The summed E-state index contributed by atoms with van der Waals surface area (Å²) in [6, 6.07) is 1.37. The molecule has 0 bridgehead atoms. The third-order valence-electron chi connectivity index (χ3n) is 2.31. The van der Waals surface area contributed by atoms with Gasteiger partial charge in [0.05, 0.1) is 29.8 Å². The second-order valence-electron chi connectivity index (χ2n) is 3.55. The van der Waals surface area contributed by atoms with E-state index in [1.54, 1.807) is 0 Å². The summed E-state index contributed by atoms with van der Waals surface area (Å²) in [5.74, 6) is -0.986. The Labute approximate surface area is 109 Å². The molecule has 1 N–H and O–H groups in total. The van der Waals surface area contributed by atoms with Crippen LogP contribution in [0.5, 0.6) is 0 Å². The predicted molar refractivity (Wildman–Crippen MR) is 58.4 cm³/mol. The maximum atomic E-state index is 12.8. The lowest BCUT2D eigenvalue weighted by Crippen LogP contribution is -2.15. The zero-order chi connectivity index (χ0) is 14.7. The quantitative estimate of drug-likeness (QED) is 0.876. The number of carbonyl (C=O) groups is 1. The van der Waals surface area contributed by atoms with E-state index < -0.39 is 30.1 Å². The van der Waals surface area contributed by atoms with Crippen LogP contribution in [0.2, 0.25) is 0 Å². The van der Waals surface area contributed by atoms with Crippen LogP contribution in [-0.2, 0) is 0 Å². The van der Waals surface area contributed by atoms with Crippen LogP contribution in [0.4, 0.5) is 23.2 Å². The molecular formula is C10H7F4N5O. The number of nitrogens with one attached hydrogen (secondary N) is 1. The molecule has 0 aromatic carbocycles. The van der Waals surface area contributed by atoms with Gasteiger partial charge < -0.3 is 5.32 Å². The smallest absolute Gasteiger partial charge is 0.320 e. The number of carbonyl (C=O) groups excluding carboxylic acids is 1. The van der Waals surface area contributed by atoms with Crippen LogP contribution in [0.15, 0.2) is 24.7 Å². The predicted octanol–water partition coefficient (Wildman–Crippen LogP) is 2.26. The van der Waals surface area contributed by atoms with Crippen LogP contribution in [-0.4, -0.2) is 25.9 Å². The molecule has 0 aliphatic rings. The SMILES string of the molecule is O=C(Nc1ccnnc1)c1cnn(C(F)F)c1C(F)F. The molecule has 0 saturated carbocycles. The second kappa shape index (κ2) is 5.63. The first-order chi connectivity index (χ1) is 9.50. The third-order valence-corrected chi connectivity index (χ3v) is 2.31. The molecule has 0 saturated heterocycles. The lowest BCUT2D eigenvalue weighted by Gasteiger charge is -2.08. The van der Waals surface area contributed by atoms with Gasteiger partial charge in [-0.3, -0.25) is 4.79 Å². The fourth-order valence-corrected chi connectivity index (χ4v) is 1.48. The molecule has 1 amide bonds. The fraction of sp³-hybridized carbons (Fsp3) is 0.200. The van der Waals surface area contributed by atoms with Crippen molar-refractivity contribution in [2.75, 3.05) is 5.32 Å². The zero-order valence-electron chi connectivity index (χ0n) is 9.67. The molecule has 10 heteroatoms. The first-order valence-corrected chi connectivity index (χ1v) is 5.22. The van der Waals surface area contributed by atoms with Crippen molar-refractivity contribution in [1.29, 1.82) is 0 Å². The van der Waals surface area contributed by atoms with Crippen molar-refractivity contribution in [3.63, 3.8) is 0 Å². The van der Waals surface area contributed by atoms with Crippen molar-refractivity contribution >= 4 is 11.6 Å². The maximum absolute atomic E-state index is 12.8. The molecule has 20 heavy (non-hydrogen) atoms. The lowest BCUT2D eigenvalue weighted by molar-refractivity contribution is 0.0367. The number of nitrogens with zero attached hydrogens (tertiary/aromatic N) is 4. The van der Waals surface area contributed by atoms with Gasteiger partial charge in [0.15, 0.2) is 0 Å². The first kappa shape index (κ1) is 13.9. The van der Waals surface area contributed by atoms with Crippen molar-refractivity contribution in [2.24, 2.45) is 0 Å². The van der Waals surface area contributed by atoms with Gasteiger partial charge in [-0.1, -0.05) is 0 Å². The summed E-state index contributed by atoms with van der Waals surface area (Å²) in [5.41, 5.74) is -1.58. The minimum absolute atomic E-state index is 0.190. The highest BCUT2D eigenvalue weighted by Crippen LogP contribution is 2.27. The molecule has 0 aliphatic carbocycles. The van der Waals surface area contributed by atoms with Crippen molar-refractivity contribution in [2.45, 2.75) is 13.0 Å². The highest BCUT2D eigenvalue weighted by atomic mass is 19.3. The number of amides is 1. The number of hydrogen-bond donors (Lipinski definition) is 1. The van der Waals surface area contributed by atoms with Gasteiger partial charge >= 0.3 is 6.55 Å². The summed E-state index contributed by atoms with van der Waals surface area (Å²) < 4.78 is 50.4. The number of hydrogen-bond acceptors (Lipinski definition) is 4. The van der Waals surface area contributed by atoms with Crippen molar-refractivity contribution in [3.05, 3.63) is 35.9 Å². The topological polar surface area (TPSA) is 72.7 Å². The van der Waals surface area contributed by atoms with Crippen LogP contribution >= 0.6 is 0 Å². The molecular weight excluding hydrogens is 282 g/mol. The van der Waals surface area contributed by atoms with Crippen LogP contribution in [0.25, 0.3) is 0 Å². The maximum Gasteiger partial charge on any atom is 0.333 e. The molecule has 2 rings (SSSR count). The minimum atomic E-state index is -3.26. The van der Waals surface area contributed by atoms with Crippen LogP contribution in [0.3, 0.4) is 0 Å². The van der Waals surface area contributed by atoms with Gasteiger partial charge in [-0.15, -0.1) is 0 Å². The van der Waals surface area contributed by atoms with Crippen LogP contribution in [0.1, 0.15) is 29.0 Å². The highest BCUT2D eigenvalue weighted by molar-refractivity contribution is 6.04. The van der Waals surface area contributed by atoms with E-state index in [1.165, 1.54) is 18.5 Å². The summed E-state index contributed by atoms with van der Waals surface area (Å²) in [7, 11) is 0. The van der Waals surface area contributed by atoms with E-state index in [0.29, 0.717) is 6.20 Å². The van der Waals surface area contributed by atoms with Crippen LogP contribution < -0.4 is 5.32 Å². The van der Waals surface area contributed by atoms with Gasteiger partial charge in [-0.25, -0.2) is 13.5 Å². The molecule has 2 aromatic heterocycles. The highest BCUT2D eigenvalue weighted by Gasteiger charge is 2.27. The molecule has 0 aliphatic heterocycles. The average Bonchev–Trinajstić information content (AvgIpc) is 2.84. The number of anilines is 1. The number of aromatic nitrogens is 4. The minimum Gasteiger partial charge on any atom is -0.320 e. The van der Waals surface area contributed by atoms with Crippen molar-refractivity contribution in [1.82, 2.24) is 20.0 Å². The lowest BCUT2D eigenvalue weighted by atomic mass is 10.2. The molecule has 2 heterocycles. The monoisotopic (exact) mass is 289 g/mol. The van der Waals surface area contributed by atoms with E-state index in [4.69, 9.17) is 0 Å². The summed E-state index contributed by atoms with van der Waals surface area (Å²) in [5, 5.41) is 12.3. The van der Waals surface area contributed by atoms with E-state index in [2.05, 4.69) is 20.6 Å². The van der Waals surface area contributed by atoms with Gasteiger partial charge in [-0.2, -0.15) is 24.1 Å².